The van der Waals surface area contributed by atoms with Crippen molar-refractivity contribution in [1.82, 2.24) is 0 Å². The number of aliphatic carboxylic acids is 1. The Morgan fingerprint density at radius 2 is 1.90 bits per heavy atom. The predicted molar refractivity (Wildman–Crippen MR) is 83.6 cm³/mol. The lowest BCUT2D eigenvalue weighted by molar-refractivity contribution is -0.305. The monoisotopic (exact) mass is 293 g/mol. The highest BCUT2D eigenvalue weighted by Gasteiger charge is 2.30. The molecule has 21 heavy (non-hydrogen) atoms. The van der Waals surface area contributed by atoms with E-state index in [1.165, 1.54) is 19.3 Å². The fraction of sp³-hybridized carbons (Fsp3) is 0.722. The molecule has 1 atom stereocenters. The van der Waals surface area contributed by atoms with Gasteiger partial charge in [-0.05, 0) is 44.6 Å². The van der Waals surface area contributed by atoms with Crippen molar-refractivity contribution in [2.24, 2.45) is 0 Å². The van der Waals surface area contributed by atoms with Crippen molar-refractivity contribution in [3.63, 3.8) is 0 Å². The van der Waals surface area contributed by atoms with Crippen LogP contribution in [0, 0.1) is 0 Å². The van der Waals surface area contributed by atoms with Gasteiger partial charge in [-0.25, -0.2) is 0 Å². The second-order valence-electron chi connectivity index (χ2n) is 5.78. The van der Waals surface area contributed by atoms with Crippen molar-refractivity contribution in [2.75, 3.05) is 0 Å². The Morgan fingerprint density at radius 1 is 1.14 bits per heavy atom. The van der Waals surface area contributed by atoms with Crippen molar-refractivity contribution in [2.45, 2.75) is 83.7 Å². The molecule has 0 aromatic heterocycles. The summed E-state index contributed by atoms with van der Waals surface area (Å²) < 4.78 is 5.53. The largest absolute Gasteiger partial charge is 0.550 e. The highest BCUT2D eigenvalue weighted by Crippen LogP contribution is 2.31. The molecule has 1 heterocycles. The zero-order valence-electron chi connectivity index (χ0n) is 13.3. The lowest BCUT2D eigenvalue weighted by Crippen LogP contribution is -2.21. The molecule has 3 heteroatoms. The molecule has 0 bridgehead atoms. The molecular weight excluding hydrogens is 264 g/mol. The summed E-state index contributed by atoms with van der Waals surface area (Å²) >= 11 is 0. The third-order valence-corrected chi connectivity index (χ3v) is 3.76. The second-order valence-corrected chi connectivity index (χ2v) is 5.78. The van der Waals surface area contributed by atoms with Crippen LogP contribution >= 0.6 is 0 Å². The van der Waals surface area contributed by atoms with E-state index < -0.39 is 5.97 Å². The number of carbonyl (C=O) groups excluding carboxylic acids is 1. The number of hydrogen-bond acceptors (Lipinski definition) is 3. The molecule has 3 nitrogen and oxygen atoms in total. The normalized spacial score (nSPS) is 19.1. The van der Waals surface area contributed by atoms with E-state index in [-0.39, 0.29) is 6.42 Å². The second kappa shape index (κ2) is 11.4. The first kappa shape index (κ1) is 17.8. The van der Waals surface area contributed by atoms with E-state index in [1.807, 2.05) is 0 Å². The van der Waals surface area contributed by atoms with Gasteiger partial charge in [0.05, 0.1) is 0 Å². The fourth-order valence-electron chi connectivity index (χ4n) is 2.38. The lowest BCUT2D eigenvalue weighted by atomic mass is 10.1. The van der Waals surface area contributed by atoms with Gasteiger partial charge in [0.25, 0.3) is 0 Å². The molecule has 1 aliphatic heterocycles. The number of allylic oxidation sites excluding steroid dienone is 3. The van der Waals surface area contributed by atoms with Crippen molar-refractivity contribution < 1.29 is 14.6 Å². The molecule has 1 aliphatic rings. The fourth-order valence-corrected chi connectivity index (χ4v) is 2.38. The van der Waals surface area contributed by atoms with Gasteiger partial charge in [-0.3, -0.25) is 0 Å². The maximum atomic E-state index is 10.2. The first-order valence-electron chi connectivity index (χ1n) is 8.47. The number of epoxide rings is 1. The van der Waals surface area contributed by atoms with Gasteiger partial charge in [0, 0.05) is 5.97 Å². The standard InChI is InChI=1S/C18H30O3/c1-2-3-4-5-7-10-13-16-17(21-16)14-11-8-6-9-12-15-18(19)20/h7,10,13,17H,2-6,8-9,11-12,14-15H2,1H3,(H,19,20)/p-1/b10-7-,16-13?/t17-/m0/s1. The van der Waals surface area contributed by atoms with Crippen LogP contribution in [0.4, 0.5) is 0 Å². The zero-order chi connectivity index (χ0) is 15.3. The number of unbranched alkanes of at least 4 members (excludes halogenated alkanes) is 7. The van der Waals surface area contributed by atoms with Crippen molar-refractivity contribution in [3.8, 4) is 0 Å². The van der Waals surface area contributed by atoms with Crippen LogP contribution in [0.1, 0.15) is 77.6 Å². The molecule has 0 unspecified atom stereocenters. The van der Waals surface area contributed by atoms with E-state index in [9.17, 15) is 9.90 Å². The molecule has 0 spiro atoms. The molecule has 0 saturated carbocycles. The summed E-state index contributed by atoms with van der Waals surface area (Å²) in [5, 5.41) is 10.2. The average Bonchev–Trinajstić information content (AvgIpc) is 3.20. The van der Waals surface area contributed by atoms with Gasteiger partial charge in [-0.1, -0.05) is 51.2 Å². The maximum absolute atomic E-state index is 10.2. The lowest BCUT2D eigenvalue weighted by Gasteiger charge is -2.01. The summed E-state index contributed by atoms with van der Waals surface area (Å²) in [4.78, 5) is 10.2. The molecule has 1 fully saturated rings. The Morgan fingerprint density at radius 3 is 2.67 bits per heavy atom. The van der Waals surface area contributed by atoms with Gasteiger partial charge in [0.1, 0.15) is 5.76 Å². The van der Waals surface area contributed by atoms with E-state index >= 15 is 0 Å². The molecule has 0 N–H and O–H groups in total. The molecule has 1 saturated heterocycles. The smallest absolute Gasteiger partial charge is 0.155 e. The number of ether oxygens (including phenoxy) is 1. The SMILES string of the molecule is CCCCC/C=C\C=C1O[C@H]1CCCCCCCC(=O)[O-]. The van der Waals surface area contributed by atoms with E-state index in [4.69, 9.17) is 4.74 Å². The van der Waals surface area contributed by atoms with Crippen LogP contribution in [-0.4, -0.2) is 12.1 Å². The van der Waals surface area contributed by atoms with Crippen LogP contribution < -0.4 is 5.11 Å². The average molecular weight is 293 g/mol. The van der Waals surface area contributed by atoms with Crippen LogP contribution in [-0.2, 0) is 9.53 Å². The summed E-state index contributed by atoms with van der Waals surface area (Å²) in [6, 6.07) is 0. The molecule has 0 aromatic carbocycles. The summed E-state index contributed by atoms with van der Waals surface area (Å²) in [5.41, 5.74) is 0. The Kier molecular flexibility index (Phi) is 9.68. The number of carboxylic acid groups (broad SMARTS) is 1. The first-order valence-corrected chi connectivity index (χ1v) is 8.47. The van der Waals surface area contributed by atoms with Crippen LogP contribution in [0.5, 0.6) is 0 Å². The van der Waals surface area contributed by atoms with Crippen LogP contribution in [0.2, 0.25) is 0 Å². The van der Waals surface area contributed by atoms with E-state index in [1.54, 1.807) is 0 Å². The Balaban J connectivity index is 1.90. The minimum absolute atomic E-state index is 0.198. The van der Waals surface area contributed by atoms with Gasteiger partial charge < -0.3 is 14.6 Å². The molecule has 0 radical (unpaired) electrons. The highest BCUT2D eigenvalue weighted by molar-refractivity contribution is 5.63. The van der Waals surface area contributed by atoms with Crippen molar-refractivity contribution >= 4 is 5.97 Å². The first-order chi connectivity index (χ1) is 10.2. The quantitative estimate of drug-likeness (QED) is 0.382. The molecular formula is C18H29O3-. The molecule has 0 aromatic rings. The topological polar surface area (TPSA) is 52.7 Å². The third kappa shape index (κ3) is 10.2. The van der Waals surface area contributed by atoms with Crippen molar-refractivity contribution in [3.05, 3.63) is 24.0 Å². The van der Waals surface area contributed by atoms with Gasteiger partial charge in [0.2, 0.25) is 0 Å². The molecule has 1 rings (SSSR count). The van der Waals surface area contributed by atoms with Crippen LogP contribution in [0.3, 0.4) is 0 Å². The summed E-state index contributed by atoms with van der Waals surface area (Å²) in [6.45, 7) is 2.22. The van der Waals surface area contributed by atoms with Gasteiger partial charge in [-0.15, -0.1) is 0 Å². The third-order valence-electron chi connectivity index (χ3n) is 3.76. The number of rotatable bonds is 13. The van der Waals surface area contributed by atoms with Crippen LogP contribution in [0.15, 0.2) is 24.0 Å². The Bertz CT molecular complexity index is 344. The highest BCUT2D eigenvalue weighted by atomic mass is 16.6. The van der Waals surface area contributed by atoms with Crippen molar-refractivity contribution in [1.29, 1.82) is 0 Å². The zero-order valence-corrected chi connectivity index (χ0v) is 13.3. The summed E-state index contributed by atoms with van der Waals surface area (Å²) in [7, 11) is 0. The maximum Gasteiger partial charge on any atom is 0.155 e. The predicted octanol–water partition coefficient (Wildman–Crippen LogP) is 3.89. The number of hydrogen-bond donors (Lipinski definition) is 0. The summed E-state index contributed by atoms with van der Waals surface area (Å²) in [6.07, 6.45) is 18.2. The van der Waals surface area contributed by atoms with E-state index in [2.05, 4.69) is 25.2 Å². The molecule has 120 valence electrons. The summed E-state index contributed by atoms with van der Waals surface area (Å²) in [5.74, 6) is 0.192. The van der Waals surface area contributed by atoms with Crippen LogP contribution in [0.25, 0.3) is 0 Å². The Hall–Kier alpha value is -1.25. The van der Waals surface area contributed by atoms with E-state index in [0.29, 0.717) is 6.10 Å². The van der Waals surface area contributed by atoms with Gasteiger partial charge in [0.15, 0.2) is 6.10 Å². The molecule has 0 amide bonds. The molecule has 0 aliphatic carbocycles. The number of carboxylic acids is 1. The Labute approximate surface area is 129 Å². The van der Waals surface area contributed by atoms with E-state index in [0.717, 1.165) is 50.7 Å². The van der Waals surface area contributed by atoms with Gasteiger partial charge in [-0.2, -0.15) is 0 Å². The van der Waals surface area contributed by atoms with Gasteiger partial charge >= 0.3 is 0 Å². The minimum atomic E-state index is -0.932. The number of carbonyl (C=O) groups is 1. The minimum Gasteiger partial charge on any atom is -0.550 e.